The quantitative estimate of drug-likeness (QED) is 0.854. The van der Waals surface area contributed by atoms with Crippen molar-refractivity contribution in [3.8, 4) is 0 Å². The topological polar surface area (TPSA) is 32.3 Å². The molecule has 124 valence electrons. The van der Waals surface area contributed by atoms with Gasteiger partial charge in [0, 0.05) is 22.3 Å². The second-order valence-electron chi connectivity index (χ2n) is 6.19. The minimum Gasteiger partial charge on any atom is -0.353 e. The Morgan fingerprint density at radius 1 is 1.39 bits per heavy atom. The summed E-state index contributed by atoms with van der Waals surface area (Å²) < 4.78 is 0. The van der Waals surface area contributed by atoms with Gasteiger partial charge in [0.2, 0.25) is 5.91 Å². The Kier molecular flexibility index (Phi) is 5.51. The van der Waals surface area contributed by atoms with Crippen molar-refractivity contribution in [3.05, 3.63) is 44.3 Å². The maximum atomic E-state index is 12.4. The Bertz CT molecular complexity index is 635. The molecule has 3 rings (SSSR count). The van der Waals surface area contributed by atoms with Gasteiger partial charge in [-0.1, -0.05) is 19.4 Å². The Hall–Kier alpha value is -1.17. The third kappa shape index (κ3) is 3.84. The van der Waals surface area contributed by atoms with Crippen molar-refractivity contribution in [1.29, 1.82) is 0 Å². The number of hydrogen-bond donors (Lipinski definition) is 1. The van der Waals surface area contributed by atoms with Crippen LogP contribution in [0.2, 0.25) is 0 Å². The maximum absolute atomic E-state index is 12.4. The summed E-state index contributed by atoms with van der Waals surface area (Å²) in [5.41, 5.74) is 1.39. The zero-order chi connectivity index (χ0) is 16.2. The molecule has 0 bridgehead atoms. The molecule has 1 aliphatic rings. The molecule has 2 aromatic heterocycles. The van der Waals surface area contributed by atoms with E-state index in [4.69, 9.17) is 0 Å². The van der Waals surface area contributed by atoms with Crippen LogP contribution in [-0.2, 0) is 11.2 Å². The molecule has 23 heavy (non-hydrogen) atoms. The molecule has 0 saturated carbocycles. The Morgan fingerprint density at radius 3 is 3.00 bits per heavy atom. The number of rotatable bonds is 6. The molecule has 5 heteroatoms. The maximum Gasteiger partial charge on any atom is 0.234 e. The number of carbonyl (C=O) groups is 1. The van der Waals surface area contributed by atoms with Gasteiger partial charge < -0.3 is 5.32 Å². The van der Waals surface area contributed by atoms with E-state index < -0.39 is 0 Å². The van der Waals surface area contributed by atoms with Crippen LogP contribution in [-0.4, -0.2) is 29.9 Å². The van der Waals surface area contributed by atoms with Crippen molar-refractivity contribution < 1.29 is 4.79 Å². The first-order valence-corrected chi connectivity index (χ1v) is 10.1. The zero-order valence-corrected chi connectivity index (χ0v) is 15.4. The van der Waals surface area contributed by atoms with E-state index in [2.05, 4.69) is 53.0 Å². The van der Waals surface area contributed by atoms with E-state index in [1.54, 1.807) is 11.3 Å². The molecule has 1 N–H and O–H groups in total. The Morgan fingerprint density at radius 2 is 2.26 bits per heavy atom. The monoisotopic (exact) mass is 348 g/mol. The number of carbonyl (C=O) groups excluding carboxylic acids is 1. The number of amides is 1. The summed E-state index contributed by atoms with van der Waals surface area (Å²) in [7, 11) is 0. The molecule has 1 aliphatic heterocycles. The van der Waals surface area contributed by atoms with Gasteiger partial charge in [0.1, 0.15) is 0 Å². The van der Waals surface area contributed by atoms with Crippen molar-refractivity contribution in [2.45, 2.75) is 45.2 Å². The van der Waals surface area contributed by atoms with Crippen LogP contribution in [0.1, 0.15) is 48.0 Å². The fourth-order valence-corrected chi connectivity index (χ4v) is 5.11. The Balaban J connectivity index is 1.75. The van der Waals surface area contributed by atoms with E-state index >= 15 is 0 Å². The second kappa shape index (κ2) is 7.60. The lowest BCUT2D eigenvalue weighted by molar-refractivity contribution is -0.123. The molecule has 2 aromatic rings. The molecular formula is C18H24N2OS2. The smallest absolute Gasteiger partial charge is 0.234 e. The Labute approximate surface area is 146 Å². The molecule has 0 aliphatic carbocycles. The lowest BCUT2D eigenvalue weighted by atomic mass is 9.98. The van der Waals surface area contributed by atoms with Gasteiger partial charge in [-0.05, 0) is 48.2 Å². The van der Waals surface area contributed by atoms with Gasteiger partial charge in [-0.15, -0.1) is 22.7 Å². The molecule has 2 atom stereocenters. The third-order valence-corrected chi connectivity index (χ3v) is 6.28. The highest BCUT2D eigenvalue weighted by Crippen LogP contribution is 2.39. The van der Waals surface area contributed by atoms with Gasteiger partial charge in [-0.2, -0.15) is 0 Å². The predicted octanol–water partition coefficient (Wildman–Crippen LogP) is 4.06. The lowest BCUT2D eigenvalue weighted by Gasteiger charge is -2.35. The molecular weight excluding hydrogens is 324 g/mol. The molecule has 0 fully saturated rings. The third-order valence-electron chi connectivity index (χ3n) is 4.35. The lowest BCUT2D eigenvalue weighted by Crippen LogP contribution is -2.44. The van der Waals surface area contributed by atoms with E-state index in [1.807, 2.05) is 11.3 Å². The molecule has 1 amide bonds. The van der Waals surface area contributed by atoms with Crippen LogP contribution in [0.15, 0.2) is 29.0 Å². The molecule has 3 nitrogen and oxygen atoms in total. The van der Waals surface area contributed by atoms with Crippen LogP contribution in [0.5, 0.6) is 0 Å². The first kappa shape index (κ1) is 16.7. The molecule has 0 radical (unpaired) electrons. The van der Waals surface area contributed by atoms with Crippen molar-refractivity contribution >= 4 is 28.6 Å². The molecule has 0 saturated heterocycles. The molecule has 0 spiro atoms. The van der Waals surface area contributed by atoms with E-state index in [9.17, 15) is 4.79 Å². The highest BCUT2D eigenvalue weighted by atomic mass is 32.1. The largest absolute Gasteiger partial charge is 0.353 e. The normalized spacial score (nSPS) is 19.3. The molecule has 0 aromatic carbocycles. The summed E-state index contributed by atoms with van der Waals surface area (Å²) in [6, 6.07) is 7.01. The predicted molar refractivity (Wildman–Crippen MR) is 98.3 cm³/mol. The van der Waals surface area contributed by atoms with Gasteiger partial charge in [0.05, 0.1) is 12.6 Å². The number of nitrogens with one attached hydrogen (secondary N) is 1. The summed E-state index contributed by atoms with van der Waals surface area (Å²) in [5, 5.41) is 7.44. The summed E-state index contributed by atoms with van der Waals surface area (Å²) in [6.07, 6.45) is 3.18. The standard InChI is InChI=1S/C18H24N2OS2/c1-3-5-13(2)19-17(21)12-20-9-7-15-14(8-11-23-15)18(20)16-6-4-10-22-16/h4,6,8,10-11,13,18H,3,5,7,9,12H2,1-2H3,(H,19,21)/t13-,18-/m0/s1. The molecule has 0 unspecified atom stereocenters. The van der Waals surface area contributed by atoms with E-state index in [0.717, 1.165) is 25.8 Å². The minimum atomic E-state index is 0.145. The van der Waals surface area contributed by atoms with Crippen molar-refractivity contribution in [3.63, 3.8) is 0 Å². The second-order valence-corrected chi connectivity index (χ2v) is 8.17. The van der Waals surface area contributed by atoms with Crippen LogP contribution in [0.4, 0.5) is 0 Å². The minimum absolute atomic E-state index is 0.145. The van der Waals surface area contributed by atoms with Crippen molar-refractivity contribution in [1.82, 2.24) is 10.2 Å². The summed E-state index contributed by atoms with van der Waals surface area (Å²) in [4.78, 5) is 17.5. The first-order valence-electron chi connectivity index (χ1n) is 8.32. The highest BCUT2D eigenvalue weighted by molar-refractivity contribution is 7.10. The van der Waals surface area contributed by atoms with E-state index in [1.165, 1.54) is 15.3 Å². The van der Waals surface area contributed by atoms with Crippen molar-refractivity contribution in [2.24, 2.45) is 0 Å². The van der Waals surface area contributed by atoms with Gasteiger partial charge in [-0.3, -0.25) is 9.69 Å². The van der Waals surface area contributed by atoms with Crippen LogP contribution in [0, 0.1) is 0 Å². The summed E-state index contributed by atoms with van der Waals surface area (Å²) in [6.45, 7) is 5.67. The average Bonchev–Trinajstić information content (AvgIpc) is 3.18. The number of thiophene rings is 2. The van der Waals surface area contributed by atoms with Gasteiger partial charge in [0.25, 0.3) is 0 Å². The number of nitrogens with zero attached hydrogens (tertiary/aromatic N) is 1. The van der Waals surface area contributed by atoms with E-state index in [0.29, 0.717) is 6.54 Å². The number of hydrogen-bond acceptors (Lipinski definition) is 4. The molecule has 3 heterocycles. The van der Waals surface area contributed by atoms with Crippen molar-refractivity contribution in [2.75, 3.05) is 13.1 Å². The fourth-order valence-electron chi connectivity index (χ4n) is 3.33. The van der Waals surface area contributed by atoms with E-state index in [-0.39, 0.29) is 18.0 Å². The highest BCUT2D eigenvalue weighted by Gasteiger charge is 2.31. The first-order chi connectivity index (χ1) is 11.2. The summed E-state index contributed by atoms with van der Waals surface area (Å²) in [5.74, 6) is 0.145. The number of fused-ring (bicyclic) bond motifs is 1. The van der Waals surface area contributed by atoms with Crippen LogP contribution in [0.25, 0.3) is 0 Å². The average molecular weight is 349 g/mol. The van der Waals surface area contributed by atoms with Crippen LogP contribution < -0.4 is 5.32 Å². The van der Waals surface area contributed by atoms with Crippen LogP contribution >= 0.6 is 22.7 Å². The van der Waals surface area contributed by atoms with Gasteiger partial charge in [0.15, 0.2) is 0 Å². The summed E-state index contributed by atoms with van der Waals surface area (Å²) >= 11 is 3.62. The van der Waals surface area contributed by atoms with Crippen LogP contribution in [0.3, 0.4) is 0 Å². The SMILES string of the molecule is CCC[C@H](C)NC(=O)CN1CCc2sccc2[C@H]1c1cccs1. The zero-order valence-electron chi connectivity index (χ0n) is 13.7. The fraction of sp³-hybridized carbons (Fsp3) is 0.500. The van der Waals surface area contributed by atoms with Gasteiger partial charge in [-0.25, -0.2) is 0 Å². The van der Waals surface area contributed by atoms with Gasteiger partial charge >= 0.3 is 0 Å².